The summed E-state index contributed by atoms with van der Waals surface area (Å²) in [4.78, 5) is 2.12. The average Bonchev–Trinajstić information content (AvgIpc) is 2.43. The Morgan fingerprint density at radius 1 is 0.857 bits per heavy atom. The summed E-state index contributed by atoms with van der Waals surface area (Å²) in [6.45, 7) is 8.67. The zero-order chi connectivity index (χ0) is 16.6. The van der Waals surface area contributed by atoms with E-state index in [0.29, 0.717) is 19.6 Å². The molecule has 5 heteroatoms. The molecule has 0 amide bonds. The Morgan fingerprint density at radius 2 is 1.29 bits per heavy atom. The first-order valence-electron chi connectivity index (χ1n) is 8.27. The van der Waals surface area contributed by atoms with Crippen LogP contribution in [-0.4, -0.2) is 65.2 Å². The maximum Gasteiger partial charge on any atom is 0.0713 e. The van der Waals surface area contributed by atoms with Crippen molar-refractivity contribution in [3.05, 3.63) is 0 Å². The van der Waals surface area contributed by atoms with Crippen LogP contribution in [0.1, 0.15) is 59.3 Å². The number of nitrogens with two attached hydrogens (primary N) is 1. The molecule has 0 aromatic rings. The molecule has 5 N–H and O–H groups in total. The van der Waals surface area contributed by atoms with Crippen molar-refractivity contribution in [2.45, 2.75) is 64.9 Å². The largest absolute Gasteiger partial charge is 0.395 e. The zero-order valence-electron chi connectivity index (χ0n) is 14.4. The first-order chi connectivity index (χ1) is 9.91. The molecule has 0 heterocycles. The minimum Gasteiger partial charge on any atom is -0.395 e. The summed E-state index contributed by atoms with van der Waals surface area (Å²) >= 11 is 0. The minimum atomic E-state index is -0.681. The SMILES string of the molecule is CC(C)(O)CN.CCCCCCCCN(CCO)CCO. The van der Waals surface area contributed by atoms with Crippen LogP contribution in [0.25, 0.3) is 0 Å². The fourth-order valence-corrected chi connectivity index (χ4v) is 1.73. The molecule has 0 fully saturated rings. The molecule has 0 spiro atoms. The second-order valence-corrected chi connectivity index (χ2v) is 6.07. The molecule has 0 aliphatic carbocycles. The molecule has 0 bridgehead atoms. The Bertz CT molecular complexity index is 190. The molecule has 0 aromatic heterocycles. The van der Waals surface area contributed by atoms with Gasteiger partial charge in [0.1, 0.15) is 0 Å². The van der Waals surface area contributed by atoms with E-state index in [1.807, 2.05) is 0 Å². The van der Waals surface area contributed by atoms with Gasteiger partial charge in [0, 0.05) is 19.6 Å². The van der Waals surface area contributed by atoms with E-state index >= 15 is 0 Å². The van der Waals surface area contributed by atoms with Gasteiger partial charge >= 0.3 is 0 Å². The quantitative estimate of drug-likeness (QED) is 0.409. The molecule has 0 aromatic carbocycles. The fraction of sp³-hybridized carbons (Fsp3) is 1.00. The Labute approximate surface area is 131 Å². The van der Waals surface area contributed by atoms with Crippen LogP contribution in [-0.2, 0) is 0 Å². The normalized spacial score (nSPS) is 11.4. The Morgan fingerprint density at radius 3 is 1.67 bits per heavy atom. The molecular weight excluding hydrogens is 268 g/mol. The average molecular weight is 306 g/mol. The van der Waals surface area contributed by atoms with Crippen molar-refractivity contribution in [3.63, 3.8) is 0 Å². The summed E-state index contributed by atoms with van der Waals surface area (Å²) in [6, 6.07) is 0. The van der Waals surface area contributed by atoms with E-state index < -0.39 is 5.60 Å². The van der Waals surface area contributed by atoms with E-state index in [4.69, 9.17) is 21.1 Å². The zero-order valence-corrected chi connectivity index (χ0v) is 14.4. The molecule has 0 rings (SSSR count). The lowest BCUT2D eigenvalue weighted by molar-refractivity contribution is 0.0898. The third-order valence-corrected chi connectivity index (χ3v) is 3.16. The van der Waals surface area contributed by atoms with Crippen molar-refractivity contribution in [2.24, 2.45) is 5.73 Å². The van der Waals surface area contributed by atoms with Crippen LogP contribution in [0.15, 0.2) is 0 Å². The third kappa shape index (κ3) is 22.2. The maximum absolute atomic E-state index is 8.81. The third-order valence-electron chi connectivity index (χ3n) is 3.16. The number of hydrogen-bond donors (Lipinski definition) is 4. The maximum atomic E-state index is 8.81. The molecule has 0 saturated carbocycles. The molecule has 0 aliphatic heterocycles. The lowest BCUT2D eigenvalue weighted by Gasteiger charge is -2.19. The number of nitrogens with zero attached hydrogens (tertiary/aromatic N) is 1. The van der Waals surface area contributed by atoms with Crippen LogP contribution >= 0.6 is 0 Å². The van der Waals surface area contributed by atoms with Crippen LogP contribution in [0.5, 0.6) is 0 Å². The van der Waals surface area contributed by atoms with Crippen LogP contribution in [0.4, 0.5) is 0 Å². The first-order valence-corrected chi connectivity index (χ1v) is 8.27. The minimum absolute atomic E-state index is 0.190. The number of aliphatic hydroxyl groups is 3. The lowest BCUT2D eigenvalue weighted by atomic mass is 10.1. The summed E-state index contributed by atoms with van der Waals surface area (Å²) in [5.41, 5.74) is 4.38. The van der Waals surface area contributed by atoms with Crippen LogP contribution < -0.4 is 5.73 Å². The molecular formula is C16H38N2O3. The highest BCUT2D eigenvalue weighted by atomic mass is 16.3. The number of unbranched alkanes of at least 4 members (excludes halogenated alkanes) is 5. The predicted molar refractivity (Wildman–Crippen MR) is 89.3 cm³/mol. The highest BCUT2D eigenvalue weighted by molar-refractivity contribution is 4.63. The van der Waals surface area contributed by atoms with Crippen molar-refractivity contribution in [2.75, 3.05) is 39.4 Å². The number of hydrogen-bond acceptors (Lipinski definition) is 5. The summed E-state index contributed by atoms with van der Waals surface area (Å²) in [5.74, 6) is 0. The molecule has 0 saturated heterocycles. The fourth-order valence-electron chi connectivity index (χ4n) is 1.73. The van der Waals surface area contributed by atoms with Crippen LogP contribution in [0, 0.1) is 0 Å². The van der Waals surface area contributed by atoms with Crippen LogP contribution in [0.3, 0.4) is 0 Å². The standard InChI is InChI=1S/C12H27NO2.C4H11NO/c1-2-3-4-5-6-7-8-13(9-11-14)10-12-15;1-4(2,6)3-5/h14-15H,2-12H2,1H3;6H,3,5H2,1-2H3. The molecule has 5 nitrogen and oxygen atoms in total. The van der Waals surface area contributed by atoms with Gasteiger partial charge in [-0.3, -0.25) is 4.90 Å². The van der Waals surface area contributed by atoms with E-state index in [0.717, 1.165) is 6.54 Å². The molecule has 130 valence electrons. The monoisotopic (exact) mass is 306 g/mol. The lowest BCUT2D eigenvalue weighted by Crippen LogP contribution is -2.30. The van der Waals surface area contributed by atoms with Gasteiger partial charge in [0.15, 0.2) is 0 Å². The highest BCUT2D eigenvalue weighted by Crippen LogP contribution is 2.05. The van der Waals surface area contributed by atoms with E-state index in [1.54, 1.807) is 13.8 Å². The van der Waals surface area contributed by atoms with Gasteiger partial charge in [-0.2, -0.15) is 0 Å². The summed E-state index contributed by atoms with van der Waals surface area (Å²) < 4.78 is 0. The Hall–Kier alpha value is -0.200. The van der Waals surface area contributed by atoms with Crippen molar-refractivity contribution >= 4 is 0 Å². The molecule has 21 heavy (non-hydrogen) atoms. The van der Waals surface area contributed by atoms with Gasteiger partial charge in [-0.15, -0.1) is 0 Å². The second kappa shape index (κ2) is 16.2. The number of aliphatic hydroxyl groups excluding tert-OH is 2. The van der Waals surface area contributed by atoms with Gasteiger partial charge in [0.2, 0.25) is 0 Å². The van der Waals surface area contributed by atoms with Gasteiger partial charge < -0.3 is 21.1 Å². The first kappa shape index (κ1) is 23.1. The highest BCUT2D eigenvalue weighted by Gasteiger charge is 2.06. The smallest absolute Gasteiger partial charge is 0.0713 e. The van der Waals surface area contributed by atoms with Crippen molar-refractivity contribution < 1.29 is 15.3 Å². The van der Waals surface area contributed by atoms with Gasteiger partial charge in [-0.1, -0.05) is 39.0 Å². The van der Waals surface area contributed by atoms with Gasteiger partial charge in [0.05, 0.1) is 18.8 Å². The predicted octanol–water partition coefficient (Wildman–Crippen LogP) is 1.35. The molecule has 0 radical (unpaired) electrons. The topological polar surface area (TPSA) is 90.0 Å². The Balaban J connectivity index is 0. The van der Waals surface area contributed by atoms with Crippen molar-refractivity contribution in [1.29, 1.82) is 0 Å². The summed E-state index contributed by atoms with van der Waals surface area (Å²) in [6.07, 6.45) is 7.76. The van der Waals surface area contributed by atoms with Crippen LogP contribution in [0.2, 0.25) is 0 Å². The van der Waals surface area contributed by atoms with E-state index in [2.05, 4.69) is 11.8 Å². The summed E-state index contributed by atoms with van der Waals surface area (Å²) in [7, 11) is 0. The Kier molecular flexibility index (Phi) is 17.8. The summed E-state index contributed by atoms with van der Waals surface area (Å²) in [5, 5.41) is 26.3. The molecule has 0 aliphatic rings. The van der Waals surface area contributed by atoms with E-state index in [9.17, 15) is 0 Å². The van der Waals surface area contributed by atoms with E-state index in [-0.39, 0.29) is 13.2 Å². The van der Waals surface area contributed by atoms with Crippen molar-refractivity contribution in [1.82, 2.24) is 4.90 Å². The van der Waals surface area contributed by atoms with Crippen molar-refractivity contribution in [3.8, 4) is 0 Å². The van der Waals surface area contributed by atoms with Gasteiger partial charge in [0.25, 0.3) is 0 Å². The van der Waals surface area contributed by atoms with E-state index in [1.165, 1.54) is 38.5 Å². The molecule has 0 atom stereocenters. The van der Waals surface area contributed by atoms with Gasteiger partial charge in [-0.25, -0.2) is 0 Å². The molecule has 0 unspecified atom stereocenters. The second-order valence-electron chi connectivity index (χ2n) is 6.07. The number of rotatable bonds is 12. The van der Waals surface area contributed by atoms with Gasteiger partial charge in [-0.05, 0) is 26.8 Å².